The maximum Gasteiger partial charge on any atom is 0.123 e. The van der Waals surface area contributed by atoms with E-state index in [1.807, 2.05) is 30.5 Å². The van der Waals surface area contributed by atoms with Crippen LogP contribution in [0, 0.1) is 11.7 Å². The van der Waals surface area contributed by atoms with Gasteiger partial charge in [0.1, 0.15) is 5.82 Å². The van der Waals surface area contributed by atoms with Crippen LogP contribution < -0.4 is 5.32 Å². The number of nitrogens with zero attached hydrogens (tertiary/aromatic N) is 2. The SMILES string of the molecule is C[C@@H]1CN(Cc2ccccn2)CC[C@@H]1Nc1ccc(F)cc1. The number of anilines is 1. The second-order valence-corrected chi connectivity index (χ2v) is 6.08. The fourth-order valence-electron chi connectivity index (χ4n) is 3.07. The molecule has 0 radical (unpaired) electrons. The summed E-state index contributed by atoms with van der Waals surface area (Å²) in [5, 5.41) is 3.53. The van der Waals surface area contributed by atoms with E-state index in [-0.39, 0.29) is 5.82 Å². The number of benzene rings is 1. The fraction of sp³-hybridized carbons (Fsp3) is 0.389. The maximum atomic E-state index is 13.0. The number of hydrogen-bond acceptors (Lipinski definition) is 3. The molecule has 0 unspecified atom stereocenters. The molecule has 2 aromatic rings. The van der Waals surface area contributed by atoms with Crippen molar-refractivity contribution < 1.29 is 4.39 Å². The van der Waals surface area contributed by atoms with Gasteiger partial charge in [0.2, 0.25) is 0 Å². The second kappa shape index (κ2) is 6.88. The van der Waals surface area contributed by atoms with Crippen molar-refractivity contribution in [1.82, 2.24) is 9.88 Å². The first-order valence-corrected chi connectivity index (χ1v) is 7.85. The quantitative estimate of drug-likeness (QED) is 0.936. The van der Waals surface area contributed by atoms with Crippen molar-refractivity contribution in [2.45, 2.75) is 25.9 Å². The maximum absolute atomic E-state index is 13.0. The summed E-state index contributed by atoms with van der Waals surface area (Å²) in [7, 11) is 0. The zero-order chi connectivity index (χ0) is 15.4. The number of pyridine rings is 1. The molecule has 1 aromatic carbocycles. The lowest BCUT2D eigenvalue weighted by Crippen LogP contribution is -2.44. The zero-order valence-corrected chi connectivity index (χ0v) is 12.9. The Kier molecular flexibility index (Phi) is 4.68. The van der Waals surface area contributed by atoms with Gasteiger partial charge in [-0.2, -0.15) is 0 Å². The Morgan fingerprint density at radius 3 is 2.73 bits per heavy atom. The van der Waals surface area contributed by atoms with Crippen LogP contribution in [0.3, 0.4) is 0 Å². The highest BCUT2D eigenvalue weighted by Crippen LogP contribution is 2.22. The van der Waals surface area contributed by atoms with Crippen molar-refractivity contribution in [2.75, 3.05) is 18.4 Å². The molecule has 1 aliphatic rings. The fourth-order valence-corrected chi connectivity index (χ4v) is 3.07. The molecule has 1 aliphatic heterocycles. The molecule has 0 amide bonds. The first-order valence-electron chi connectivity index (χ1n) is 7.85. The third kappa shape index (κ3) is 3.83. The lowest BCUT2D eigenvalue weighted by atomic mass is 9.93. The third-order valence-corrected chi connectivity index (χ3v) is 4.30. The van der Waals surface area contributed by atoms with E-state index in [1.165, 1.54) is 12.1 Å². The molecule has 4 heteroatoms. The standard InChI is InChI=1S/C18H22FN3/c1-14-12-22(13-17-4-2-3-10-20-17)11-9-18(14)21-16-7-5-15(19)6-8-16/h2-8,10,14,18,21H,9,11-13H2,1H3/t14-,18+/m1/s1. The van der Waals surface area contributed by atoms with Crippen molar-refractivity contribution in [3.05, 3.63) is 60.2 Å². The summed E-state index contributed by atoms with van der Waals surface area (Å²) in [6, 6.07) is 13.1. The Labute approximate surface area is 131 Å². The molecule has 3 nitrogen and oxygen atoms in total. The van der Waals surface area contributed by atoms with Gasteiger partial charge in [-0.15, -0.1) is 0 Å². The van der Waals surface area contributed by atoms with E-state index in [4.69, 9.17) is 0 Å². The van der Waals surface area contributed by atoms with Crippen LogP contribution in [0.5, 0.6) is 0 Å². The van der Waals surface area contributed by atoms with Crippen LogP contribution in [0.15, 0.2) is 48.7 Å². The highest BCUT2D eigenvalue weighted by atomic mass is 19.1. The van der Waals surface area contributed by atoms with Gasteiger partial charge in [0.15, 0.2) is 0 Å². The van der Waals surface area contributed by atoms with E-state index in [1.54, 1.807) is 0 Å². The predicted molar refractivity (Wildman–Crippen MR) is 87.1 cm³/mol. The van der Waals surface area contributed by atoms with Gasteiger partial charge in [0.25, 0.3) is 0 Å². The molecule has 116 valence electrons. The number of piperidine rings is 1. The molecular formula is C18H22FN3. The largest absolute Gasteiger partial charge is 0.382 e. The van der Waals surface area contributed by atoms with Gasteiger partial charge < -0.3 is 5.32 Å². The van der Waals surface area contributed by atoms with Crippen LogP contribution in [-0.2, 0) is 6.54 Å². The molecule has 3 rings (SSSR count). The van der Waals surface area contributed by atoms with Gasteiger partial charge in [0, 0.05) is 37.6 Å². The average Bonchev–Trinajstić information content (AvgIpc) is 2.53. The monoisotopic (exact) mass is 299 g/mol. The lowest BCUT2D eigenvalue weighted by Gasteiger charge is -2.37. The summed E-state index contributed by atoms with van der Waals surface area (Å²) < 4.78 is 13.0. The molecule has 1 aromatic heterocycles. The summed E-state index contributed by atoms with van der Waals surface area (Å²) in [6.45, 7) is 5.29. The lowest BCUT2D eigenvalue weighted by molar-refractivity contribution is 0.163. The van der Waals surface area contributed by atoms with Crippen LogP contribution in [-0.4, -0.2) is 29.0 Å². The van der Waals surface area contributed by atoms with Gasteiger partial charge in [-0.1, -0.05) is 13.0 Å². The van der Waals surface area contributed by atoms with Gasteiger partial charge in [0.05, 0.1) is 5.69 Å². The molecule has 1 N–H and O–H groups in total. The molecule has 0 saturated carbocycles. The summed E-state index contributed by atoms with van der Waals surface area (Å²) in [6.07, 6.45) is 2.94. The number of nitrogens with one attached hydrogen (secondary N) is 1. The number of aromatic nitrogens is 1. The van der Waals surface area contributed by atoms with Crippen molar-refractivity contribution in [2.24, 2.45) is 5.92 Å². The Morgan fingerprint density at radius 2 is 2.05 bits per heavy atom. The first kappa shape index (κ1) is 15.0. The minimum Gasteiger partial charge on any atom is -0.382 e. The number of rotatable bonds is 4. The van der Waals surface area contributed by atoms with E-state index in [0.717, 1.165) is 37.4 Å². The highest BCUT2D eigenvalue weighted by Gasteiger charge is 2.26. The average molecular weight is 299 g/mol. The van der Waals surface area contributed by atoms with Gasteiger partial charge >= 0.3 is 0 Å². The Morgan fingerprint density at radius 1 is 1.23 bits per heavy atom. The van der Waals surface area contributed by atoms with Crippen molar-refractivity contribution >= 4 is 5.69 Å². The molecule has 1 saturated heterocycles. The van der Waals surface area contributed by atoms with Gasteiger partial charge in [-0.25, -0.2) is 4.39 Å². The van der Waals surface area contributed by atoms with Gasteiger partial charge in [-0.05, 0) is 48.7 Å². The van der Waals surface area contributed by atoms with Crippen LogP contribution >= 0.6 is 0 Å². The molecule has 1 fully saturated rings. The second-order valence-electron chi connectivity index (χ2n) is 6.08. The normalized spacial score (nSPS) is 22.5. The smallest absolute Gasteiger partial charge is 0.123 e. The summed E-state index contributed by atoms with van der Waals surface area (Å²) in [5.41, 5.74) is 2.12. The van der Waals surface area contributed by atoms with Crippen LogP contribution in [0.1, 0.15) is 19.0 Å². The van der Waals surface area contributed by atoms with Crippen LogP contribution in [0.25, 0.3) is 0 Å². The van der Waals surface area contributed by atoms with Crippen molar-refractivity contribution in [3.8, 4) is 0 Å². The molecule has 0 aliphatic carbocycles. The Hall–Kier alpha value is -1.94. The van der Waals surface area contributed by atoms with E-state index < -0.39 is 0 Å². The summed E-state index contributed by atoms with van der Waals surface area (Å²) in [4.78, 5) is 6.85. The zero-order valence-electron chi connectivity index (χ0n) is 12.9. The number of halogens is 1. The van der Waals surface area contributed by atoms with Crippen LogP contribution in [0.4, 0.5) is 10.1 Å². The minimum atomic E-state index is -0.191. The highest BCUT2D eigenvalue weighted by molar-refractivity contribution is 5.44. The molecule has 22 heavy (non-hydrogen) atoms. The van der Waals surface area contributed by atoms with E-state index >= 15 is 0 Å². The minimum absolute atomic E-state index is 0.191. The van der Waals surface area contributed by atoms with Crippen molar-refractivity contribution in [1.29, 1.82) is 0 Å². The summed E-state index contributed by atoms with van der Waals surface area (Å²) in [5.74, 6) is 0.353. The molecule has 0 bridgehead atoms. The number of likely N-dealkylation sites (tertiary alicyclic amines) is 1. The number of hydrogen-bond donors (Lipinski definition) is 1. The van der Waals surface area contributed by atoms with Crippen molar-refractivity contribution in [3.63, 3.8) is 0 Å². The Bertz CT molecular complexity index is 585. The predicted octanol–water partition coefficient (Wildman–Crippen LogP) is 3.54. The van der Waals surface area contributed by atoms with E-state index in [0.29, 0.717) is 12.0 Å². The summed E-state index contributed by atoms with van der Waals surface area (Å²) >= 11 is 0. The molecular weight excluding hydrogens is 277 g/mol. The molecule has 2 atom stereocenters. The van der Waals surface area contributed by atoms with Gasteiger partial charge in [-0.3, -0.25) is 9.88 Å². The first-order chi connectivity index (χ1) is 10.7. The van der Waals surface area contributed by atoms with E-state index in [2.05, 4.69) is 28.2 Å². The third-order valence-electron chi connectivity index (χ3n) is 4.30. The van der Waals surface area contributed by atoms with Crippen LogP contribution in [0.2, 0.25) is 0 Å². The topological polar surface area (TPSA) is 28.2 Å². The molecule has 2 heterocycles. The van der Waals surface area contributed by atoms with E-state index in [9.17, 15) is 4.39 Å². The molecule has 0 spiro atoms. The Balaban J connectivity index is 1.54.